The fraction of sp³-hybridized carbons (Fsp3) is 0.278. The second-order valence-electron chi connectivity index (χ2n) is 4.56. The molecule has 0 aliphatic rings. The summed E-state index contributed by atoms with van der Waals surface area (Å²) < 4.78 is 6.94. The number of amides is 1. The number of ether oxygens (including phenoxy) is 1. The molecule has 0 heterocycles. The van der Waals surface area contributed by atoms with Crippen LogP contribution in [0.1, 0.15) is 25.5 Å². The Balaban J connectivity index is 0.000000954. The van der Waals surface area contributed by atoms with E-state index in [0.717, 1.165) is 22.3 Å². The minimum absolute atomic E-state index is 0. The lowest BCUT2D eigenvalue weighted by molar-refractivity contribution is -0.109. The maximum atomic E-state index is 8.94. The van der Waals surface area contributed by atoms with Gasteiger partial charge in [-0.15, -0.1) is 0 Å². The molecule has 132 valence electrons. The summed E-state index contributed by atoms with van der Waals surface area (Å²) in [6.45, 7) is 2.75. The SMILES string of the molecule is C.CCc1ccccc1COc1c(Br)cccc1NC.NNC=O. The van der Waals surface area contributed by atoms with Crippen LogP contribution < -0.4 is 21.3 Å². The summed E-state index contributed by atoms with van der Waals surface area (Å²) in [6, 6.07) is 14.4. The summed E-state index contributed by atoms with van der Waals surface area (Å²) >= 11 is 3.53. The average molecular weight is 396 g/mol. The van der Waals surface area contributed by atoms with Gasteiger partial charge in [-0.1, -0.05) is 44.7 Å². The second kappa shape index (κ2) is 12.4. The molecule has 0 bridgehead atoms. The van der Waals surface area contributed by atoms with Gasteiger partial charge in [0.05, 0.1) is 10.2 Å². The van der Waals surface area contributed by atoms with Crippen molar-refractivity contribution in [3.8, 4) is 5.75 Å². The topological polar surface area (TPSA) is 76.4 Å². The predicted molar refractivity (Wildman–Crippen MR) is 104 cm³/mol. The van der Waals surface area contributed by atoms with Gasteiger partial charge in [0.15, 0.2) is 5.75 Å². The van der Waals surface area contributed by atoms with Crippen molar-refractivity contribution < 1.29 is 9.53 Å². The number of rotatable bonds is 6. The van der Waals surface area contributed by atoms with Crippen LogP contribution in [0.4, 0.5) is 5.69 Å². The minimum Gasteiger partial charge on any atom is -0.486 e. The molecule has 6 heteroatoms. The van der Waals surface area contributed by atoms with E-state index in [1.807, 2.05) is 25.2 Å². The number of benzene rings is 2. The van der Waals surface area contributed by atoms with E-state index in [4.69, 9.17) is 9.53 Å². The number of anilines is 1. The Labute approximate surface area is 152 Å². The molecule has 0 fully saturated rings. The maximum absolute atomic E-state index is 8.94. The van der Waals surface area contributed by atoms with Crippen molar-refractivity contribution in [2.75, 3.05) is 12.4 Å². The number of hydrogen-bond acceptors (Lipinski definition) is 4. The first-order valence-electron chi connectivity index (χ1n) is 7.23. The van der Waals surface area contributed by atoms with Crippen molar-refractivity contribution in [3.63, 3.8) is 0 Å². The largest absolute Gasteiger partial charge is 0.486 e. The highest BCUT2D eigenvalue weighted by molar-refractivity contribution is 9.10. The third-order valence-electron chi connectivity index (χ3n) is 3.18. The molecular formula is C18H26BrN3O2. The van der Waals surface area contributed by atoms with Gasteiger partial charge in [0.2, 0.25) is 6.41 Å². The van der Waals surface area contributed by atoms with Crippen LogP contribution >= 0.6 is 15.9 Å². The zero-order valence-corrected chi connectivity index (χ0v) is 14.9. The van der Waals surface area contributed by atoms with Crippen LogP contribution in [0.25, 0.3) is 0 Å². The lowest BCUT2D eigenvalue weighted by Gasteiger charge is -2.14. The summed E-state index contributed by atoms with van der Waals surface area (Å²) in [5.74, 6) is 5.27. The number of nitrogens with two attached hydrogens (primary N) is 1. The number of carbonyl (C=O) groups excluding carboxylic acids is 1. The van der Waals surface area contributed by atoms with Gasteiger partial charge in [-0.3, -0.25) is 10.2 Å². The Hall–Kier alpha value is -2.05. The molecule has 1 amide bonds. The molecule has 0 spiro atoms. The fourth-order valence-electron chi connectivity index (χ4n) is 2.05. The average Bonchev–Trinajstić information content (AvgIpc) is 2.60. The number of hydrazine groups is 1. The molecule has 0 saturated carbocycles. The van der Waals surface area contributed by atoms with Crippen molar-refractivity contribution in [1.82, 2.24) is 5.43 Å². The Morgan fingerprint density at radius 1 is 1.17 bits per heavy atom. The third-order valence-corrected chi connectivity index (χ3v) is 3.80. The summed E-state index contributed by atoms with van der Waals surface area (Å²) in [6.07, 6.45) is 1.42. The smallest absolute Gasteiger partial charge is 0.221 e. The minimum atomic E-state index is 0. The molecule has 2 aromatic carbocycles. The van der Waals surface area contributed by atoms with E-state index in [1.54, 1.807) is 5.43 Å². The highest BCUT2D eigenvalue weighted by atomic mass is 79.9. The predicted octanol–water partition coefficient (Wildman–Crippen LogP) is 3.87. The Kier molecular flexibility index (Phi) is 11.3. The molecular weight excluding hydrogens is 370 g/mol. The molecule has 5 nitrogen and oxygen atoms in total. The van der Waals surface area contributed by atoms with Gasteiger partial charge in [-0.25, -0.2) is 5.84 Å². The number of hydrogen-bond donors (Lipinski definition) is 3. The molecule has 0 radical (unpaired) electrons. The Morgan fingerprint density at radius 2 is 1.79 bits per heavy atom. The van der Waals surface area contributed by atoms with Gasteiger partial charge in [0.25, 0.3) is 0 Å². The molecule has 4 N–H and O–H groups in total. The fourth-order valence-corrected chi connectivity index (χ4v) is 2.53. The van der Waals surface area contributed by atoms with Crippen LogP contribution in [-0.2, 0) is 17.8 Å². The van der Waals surface area contributed by atoms with Crippen molar-refractivity contribution in [1.29, 1.82) is 0 Å². The third kappa shape index (κ3) is 6.60. The summed E-state index contributed by atoms with van der Waals surface area (Å²) in [5, 5.41) is 3.15. The van der Waals surface area contributed by atoms with Gasteiger partial charge >= 0.3 is 0 Å². The number of carbonyl (C=O) groups is 1. The molecule has 2 rings (SSSR count). The molecule has 0 aromatic heterocycles. The van der Waals surface area contributed by atoms with E-state index >= 15 is 0 Å². The van der Waals surface area contributed by atoms with Crippen molar-refractivity contribution in [2.24, 2.45) is 5.84 Å². The first-order chi connectivity index (χ1) is 11.2. The lowest BCUT2D eigenvalue weighted by Crippen LogP contribution is -2.18. The van der Waals surface area contributed by atoms with E-state index in [-0.39, 0.29) is 7.43 Å². The van der Waals surface area contributed by atoms with Gasteiger partial charge in [-0.2, -0.15) is 0 Å². The van der Waals surface area contributed by atoms with E-state index in [1.165, 1.54) is 11.1 Å². The zero-order valence-electron chi connectivity index (χ0n) is 13.3. The molecule has 0 unspecified atom stereocenters. The Bertz CT molecular complexity index is 621. The highest BCUT2D eigenvalue weighted by Gasteiger charge is 2.08. The van der Waals surface area contributed by atoms with Crippen LogP contribution in [0, 0.1) is 0 Å². The molecule has 0 saturated heterocycles. The number of aryl methyl sites for hydroxylation is 1. The standard InChI is InChI=1S/C16H18BrNO.CH4N2O.CH4/c1-3-12-7-4-5-8-13(12)11-19-16-14(17)9-6-10-15(16)18-2;2-3-1-4;/h4-10,18H,3,11H2,1-2H3;1H,2H2,(H,3,4);1H4. The van der Waals surface area contributed by atoms with Crippen molar-refractivity contribution >= 4 is 28.0 Å². The van der Waals surface area contributed by atoms with E-state index in [2.05, 4.69) is 58.3 Å². The Morgan fingerprint density at radius 3 is 2.33 bits per heavy atom. The maximum Gasteiger partial charge on any atom is 0.221 e. The quantitative estimate of drug-likeness (QED) is 0.300. The normalized spacial score (nSPS) is 9.00. The first-order valence-corrected chi connectivity index (χ1v) is 8.02. The van der Waals surface area contributed by atoms with Gasteiger partial charge in [-0.05, 0) is 45.6 Å². The van der Waals surface area contributed by atoms with Crippen molar-refractivity contribution in [3.05, 3.63) is 58.1 Å². The highest BCUT2D eigenvalue weighted by Crippen LogP contribution is 2.33. The molecule has 0 aliphatic heterocycles. The number of para-hydroxylation sites is 1. The monoisotopic (exact) mass is 395 g/mol. The zero-order chi connectivity index (χ0) is 17.1. The van der Waals surface area contributed by atoms with Gasteiger partial charge in [0, 0.05) is 7.05 Å². The second-order valence-corrected chi connectivity index (χ2v) is 5.42. The van der Waals surface area contributed by atoms with E-state index in [9.17, 15) is 0 Å². The van der Waals surface area contributed by atoms with Crippen LogP contribution in [0.3, 0.4) is 0 Å². The number of halogens is 1. The molecule has 0 aliphatic carbocycles. The lowest BCUT2D eigenvalue weighted by atomic mass is 10.1. The summed E-state index contributed by atoms with van der Waals surface area (Å²) in [4.78, 5) is 8.94. The molecule has 2 aromatic rings. The van der Waals surface area contributed by atoms with Gasteiger partial charge < -0.3 is 10.1 Å². The van der Waals surface area contributed by atoms with Crippen molar-refractivity contribution in [2.45, 2.75) is 27.4 Å². The van der Waals surface area contributed by atoms with Crippen LogP contribution in [0.2, 0.25) is 0 Å². The van der Waals surface area contributed by atoms with E-state index < -0.39 is 0 Å². The molecule has 0 atom stereocenters. The van der Waals surface area contributed by atoms with Crippen LogP contribution in [0.5, 0.6) is 5.75 Å². The van der Waals surface area contributed by atoms with Crippen LogP contribution in [0.15, 0.2) is 46.9 Å². The summed E-state index contributed by atoms with van der Waals surface area (Å²) in [7, 11) is 1.90. The molecule has 24 heavy (non-hydrogen) atoms. The van der Waals surface area contributed by atoms with E-state index in [0.29, 0.717) is 13.0 Å². The summed E-state index contributed by atoms with van der Waals surface area (Å²) in [5.41, 5.74) is 5.31. The van der Waals surface area contributed by atoms with Crippen LogP contribution in [-0.4, -0.2) is 13.5 Å². The van der Waals surface area contributed by atoms with Gasteiger partial charge in [0.1, 0.15) is 6.61 Å². The first kappa shape index (κ1) is 21.9. The number of nitrogens with one attached hydrogen (secondary N) is 2.